The van der Waals surface area contributed by atoms with E-state index in [0.717, 1.165) is 0 Å². The Kier molecular flexibility index (Phi) is 6.40. The van der Waals surface area contributed by atoms with Crippen LogP contribution in [0, 0.1) is 5.41 Å². The molecule has 0 amide bonds. The number of aliphatic hydroxyl groups is 1. The number of allylic oxidation sites excluding steroid dienone is 2. The van der Waals surface area contributed by atoms with Gasteiger partial charge < -0.3 is 20.9 Å². The van der Waals surface area contributed by atoms with E-state index in [4.69, 9.17) is 21.0 Å². The van der Waals surface area contributed by atoms with Crippen LogP contribution in [0.2, 0.25) is 0 Å². The lowest BCUT2D eigenvalue weighted by Crippen LogP contribution is -2.22. The molecular weight excluding hydrogens is 336 g/mol. The van der Waals surface area contributed by atoms with Gasteiger partial charge in [-0.1, -0.05) is 0 Å². The average Bonchev–Trinajstić information content (AvgIpc) is 2.87. The molecule has 1 aromatic rings. The maximum Gasteiger partial charge on any atom is 0.294 e. The Labute approximate surface area is 152 Å². The number of aliphatic imine (C=N–C) groups is 1. The second-order valence-corrected chi connectivity index (χ2v) is 5.56. The lowest BCUT2D eigenvalue weighted by Gasteiger charge is -2.15. The molecule has 9 nitrogen and oxygen atoms in total. The number of nitrogens with two attached hydrogens (primary N) is 1. The lowest BCUT2D eigenvalue weighted by molar-refractivity contribution is 0.156. The van der Waals surface area contributed by atoms with Crippen LogP contribution in [0.1, 0.15) is 20.8 Å². The van der Waals surface area contributed by atoms with Crippen LogP contribution in [0.15, 0.2) is 33.4 Å². The molecule has 1 aliphatic carbocycles. The molecule has 0 aromatic carbocycles. The van der Waals surface area contributed by atoms with Gasteiger partial charge in [0.15, 0.2) is 11.5 Å². The average molecular weight is 362 g/mol. The van der Waals surface area contributed by atoms with E-state index in [-0.39, 0.29) is 41.6 Å². The third-order valence-corrected chi connectivity index (χ3v) is 3.86. The fourth-order valence-corrected chi connectivity index (χ4v) is 2.74. The Morgan fingerprint density at radius 2 is 1.96 bits per heavy atom. The number of anilines is 1. The summed E-state index contributed by atoms with van der Waals surface area (Å²) in [5.74, 6) is 0.886. The molecule has 1 heterocycles. The molecule has 2 rings (SSSR count). The van der Waals surface area contributed by atoms with Crippen molar-refractivity contribution in [3.8, 4) is 0 Å². The molecule has 0 fully saturated rings. The van der Waals surface area contributed by atoms with Crippen molar-refractivity contribution in [2.45, 2.75) is 33.9 Å². The summed E-state index contributed by atoms with van der Waals surface area (Å²) >= 11 is 0. The largest absolute Gasteiger partial charge is 0.489 e. The Balaban J connectivity index is 2.58. The number of nitrogens with zero attached hydrogens (tertiary/aromatic N) is 3. The smallest absolute Gasteiger partial charge is 0.294 e. The van der Waals surface area contributed by atoms with Crippen molar-refractivity contribution in [3.63, 3.8) is 0 Å². The van der Waals surface area contributed by atoms with E-state index in [9.17, 15) is 4.79 Å². The zero-order valence-electron chi connectivity index (χ0n) is 15.4. The number of hydrogen-bond donors (Lipinski definition) is 4. The minimum absolute atomic E-state index is 0.0622. The van der Waals surface area contributed by atoms with Crippen molar-refractivity contribution in [1.29, 1.82) is 5.41 Å². The van der Waals surface area contributed by atoms with Crippen molar-refractivity contribution < 1.29 is 9.84 Å². The number of aromatic nitrogens is 2. The SMILES string of the molecule is CCNc1c(N=C2C=C(OCCO)C(=N)C=C2N)c(=O)n(CC)n1CC. The number of aliphatic hydroxyl groups excluding tert-OH is 1. The first-order chi connectivity index (χ1) is 12.5. The molecule has 0 radical (unpaired) electrons. The Morgan fingerprint density at radius 3 is 2.54 bits per heavy atom. The highest BCUT2D eigenvalue weighted by molar-refractivity contribution is 6.22. The van der Waals surface area contributed by atoms with Crippen molar-refractivity contribution in [1.82, 2.24) is 9.36 Å². The van der Waals surface area contributed by atoms with Crippen LogP contribution in [0.4, 0.5) is 11.5 Å². The Hall–Kier alpha value is -2.81. The number of rotatable bonds is 8. The van der Waals surface area contributed by atoms with Gasteiger partial charge in [-0.05, 0) is 26.8 Å². The molecule has 0 saturated heterocycles. The van der Waals surface area contributed by atoms with Gasteiger partial charge in [0.1, 0.15) is 12.4 Å². The van der Waals surface area contributed by atoms with Crippen molar-refractivity contribution in [3.05, 3.63) is 34.0 Å². The first-order valence-corrected chi connectivity index (χ1v) is 8.66. The summed E-state index contributed by atoms with van der Waals surface area (Å²) < 4.78 is 8.81. The number of ether oxygens (including phenoxy) is 1. The standard InChI is InChI=1S/C17H26N6O3/c1-4-20-16-15(17(25)23(6-3)22(16)5-2)21-13-10-14(26-8-7-24)12(19)9-11(13)18/h9-10,19-20,24H,4-8,18H2,1-3H3. The molecular formula is C17H26N6O3. The summed E-state index contributed by atoms with van der Waals surface area (Å²) in [6, 6.07) is 0. The molecule has 9 heteroatoms. The minimum atomic E-state index is -0.211. The molecule has 0 bridgehead atoms. The highest BCUT2D eigenvalue weighted by Crippen LogP contribution is 2.24. The predicted octanol–water partition coefficient (Wildman–Crippen LogP) is 0.963. The minimum Gasteiger partial charge on any atom is -0.489 e. The van der Waals surface area contributed by atoms with Crippen LogP contribution >= 0.6 is 0 Å². The summed E-state index contributed by atoms with van der Waals surface area (Å²) in [6.07, 6.45) is 2.94. The number of nitrogens with one attached hydrogen (secondary N) is 2. The van der Waals surface area contributed by atoms with E-state index in [1.54, 1.807) is 4.68 Å². The van der Waals surface area contributed by atoms with Gasteiger partial charge in [-0.25, -0.2) is 9.67 Å². The molecule has 5 N–H and O–H groups in total. The molecule has 0 unspecified atom stereocenters. The maximum atomic E-state index is 12.8. The highest BCUT2D eigenvalue weighted by atomic mass is 16.5. The van der Waals surface area contributed by atoms with Crippen molar-refractivity contribution in [2.75, 3.05) is 25.1 Å². The summed E-state index contributed by atoms with van der Waals surface area (Å²) in [7, 11) is 0. The van der Waals surface area contributed by atoms with E-state index in [0.29, 0.717) is 31.2 Å². The fraction of sp³-hybridized carbons (Fsp3) is 0.471. The van der Waals surface area contributed by atoms with Gasteiger partial charge in [0.25, 0.3) is 5.56 Å². The highest BCUT2D eigenvalue weighted by Gasteiger charge is 2.21. The van der Waals surface area contributed by atoms with Gasteiger partial charge in [0.05, 0.1) is 23.7 Å². The molecule has 26 heavy (non-hydrogen) atoms. The maximum absolute atomic E-state index is 12.8. The first kappa shape index (κ1) is 19.5. The van der Waals surface area contributed by atoms with Crippen LogP contribution in [-0.4, -0.2) is 45.7 Å². The third kappa shape index (κ3) is 3.72. The van der Waals surface area contributed by atoms with E-state index in [1.807, 2.05) is 25.5 Å². The quantitative estimate of drug-likeness (QED) is 0.512. The van der Waals surface area contributed by atoms with Gasteiger partial charge in [0.2, 0.25) is 0 Å². The van der Waals surface area contributed by atoms with Crippen LogP contribution in [0.5, 0.6) is 0 Å². The lowest BCUT2D eigenvalue weighted by atomic mass is 10.1. The monoisotopic (exact) mass is 362 g/mol. The Morgan fingerprint density at radius 1 is 1.27 bits per heavy atom. The second kappa shape index (κ2) is 8.52. The van der Waals surface area contributed by atoms with Gasteiger partial charge in [-0.2, -0.15) is 0 Å². The van der Waals surface area contributed by atoms with E-state index >= 15 is 0 Å². The van der Waals surface area contributed by atoms with E-state index in [2.05, 4.69) is 10.3 Å². The molecule has 0 aliphatic heterocycles. The van der Waals surface area contributed by atoms with Gasteiger partial charge in [-0.3, -0.25) is 14.9 Å². The zero-order chi connectivity index (χ0) is 19.3. The van der Waals surface area contributed by atoms with E-state index in [1.165, 1.54) is 12.2 Å². The summed E-state index contributed by atoms with van der Waals surface area (Å²) in [6.45, 7) is 7.48. The van der Waals surface area contributed by atoms with E-state index < -0.39 is 0 Å². The molecule has 1 aromatic heterocycles. The van der Waals surface area contributed by atoms with Gasteiger partial charge in [-0.15, -0.1) is 0 Å². The molecule has 1 aliphatic rings. The normalized spacial score (nSPS) is 15.8. The molecule has 0 atom stereocenters. The fourth-order valence-electron chi connectivity index (χ4n) is 2.74. The zero-order valence-corrected chi connectivity index (χ0v) is 15.4. The van der Waals surface area contributed by atoms with Crippen LogP contribution in [0.3, 0.4) is 0 Å². The van der Waals surface area contributed by atoms with Gasteiger partial charge >= 0.3 is 0 Å². The Bertz CT molecular complexity index is 828. The summed E-state index contributed by atoms with van der Waals surface area (Å²) in [4.78, 5) is 17.3. The van der Waals surface area contributed by atoms with Crippen LogP contribution < -0.4 is 16.6 Å². The topological polar surface area (TPSA) is 131 Å². The molecule has 142 valence electrons. The summed E-state index contributed by atoms with van der Waals surface area (Å²) in [5.41, 5.74) is 6.78. The third-order valence-electron chi connectivity index (χ3n) is 3.86. The number of hydrogen-bond acceptors (Lipinski definition) is 7. The first-order valence-electron chi connectivity index (χ1n) is 8.66. The van der Waals surface area contributed by atoms with Crippen molar-refractivity contribution in [2.24, 2.45) is 10.7 Å². The van der Waals surface area contributed by atoms with Crippen LogP contribution in [-0.2, 0) is 17.8 Å². The predicted molar refractivity (Wildman–Crippen MR) is 102 cm³/mol. The van der Waals surface area contributed by atoms with Gasteiger partial charge in [0, 0.05) is 25.7 Å². The van der Waals surface area contributed by atoms with Crippen LogP contribution in [0.25, 0.3) is 0 Å². The second-order valence-electron chi connectivity index (χ2n) is 5.56. The molecule has 0 saturated carbocycles. The summed E-state index contributed by atoms with van der Waals surface area (Å²) in [5, 5.41) is 20.0. The van der Waals surface area contributed by atoms with Crippen molar-refractivity contribution >= 4 is 22.9 Å². The molecule has 0 spiro atoms.